The lowest BCUT2D eigenvalue weighted by Crippen LogP contribution is -2.63. The Labute approximate surface area is 142 Å². The van der Waals surface area contributed by atoms with E-state index in [0.29, 0.717) is 0 Å². The van der Waals surface area contributed by atoms with Gasteiger partial charge in [0.05, 0.1) is 0 Å². The number of carbonyl (C=O) groups is 1. The molecule has 2 fully saturated rings. The summed E-state index contributed by atoms with van der Waals surface area (Å²) in [6.45, 7) is 5.44. The van der Waals surface area contributed by atoms with Gasteiger partial charge < -0.3 is 9.47 Å². The molecular weight excluding hydrogens is 302 g/mol. The summed E-state index contributed by atoms with van der Waals surface area (Å²) in [5.74, 6) is 1.19. The van der Waals surface area contributed by atoms with Crippen LogP contribution in [0.3, 0.4) is 0 Å². The molecular formula is C18H23N5O. The van der Waals surface area contributed by atoms with E-state index in [0.717, 1.165) is 45.1 Å². The molecule has 2 saturated heterocycles. The summed E-state index contributed by atoms with van der Waals surface area (Å²) < 4.78 is 2.13. The second-order valence-electron chi connectivity index (χ2n) is 6.60. The number of piperazine rings is 2. The van der Waals surface area contributed by atoms with E-state index in [1.807, 2.05) is 42.5 Å². The Morgan fingerprint density at radius 1 is 1.12 bits per heavy atom. The van der Waals surface area contributed by atoms with Crippen LogP contribution in [0.25, 0.3) is 5.82 Å². The maximum absolute atomic E-state index is 12.4. The minimum Gasteiger partial charge on any atom is -0.343 e. The molecule has 6 heteroatoms. The first-order chi connectivity index (χ1) is 11.7. The lowest BCUT2D eigenvalue weighted by atomic mass is 10.1. The molecule has 0 aromatic carbocycles. The third kappa shape index (κ3) is 2.83. The standard InChI is InChI=1S/C18H23N5O/c1-20-9-11-22-12-10-21(14-16(22)18(20)24)13-15-5-4-8-23(15)17-6-2-3-7-19-17/h2-8,16H,9-14H2,1H3/t16-/m1/s1. The van der Waals surface area contributed by atoms with Crippen molar-refractivity contribution < 1.29 is 4.79 Å². The molecule has 4 heterocycles. The van der Waals surface area contributed by atoms with Crippen molar-refractivity contribution in [2.75, 3.05) is 39.8 Å². The Hall–Kier alpha value is -2.18. The average Bonchev–Trinajstić information content (AvgIpc) is 3.07. The Morgan fingerprint density at radius 2 is 2.00 bits per heavy atom. The van der Waals surface area contributed by atoms with Crippen LogP contribution in [0, 0.1) is 0 Å². The monoisotopic (exact) mass is 325 g/mol. The van der Waals surface area contributed by atoms with Crippen molar-refractivity contribution in [2.24, 2.45) is 0 Å². The van der Waals surface area contributed by atoms with E-state index in [1.54, 1.807) is 0 Å². The van der Waals surface area contributed by atoms with E-state index in [-0.39, 0.29) is 11.9 Å². The molecule has 2 aromatic rings. The van der Waals surface area contributed by atoms with Crippen molar-refractivity contribution in [3.05, 3.63) is 48.4 Å². The van der Waals surface area contributed by atoms with Crippen molar-refractivity contribution >= 4 is 5.91 Å². The van der Waals surface area contributed by atoms with Gasteiger partial charge in [0.1, 0.15) is 11.9 Å². The molecule has 24 heavy (non-hydrogen) atoms. The summed E-state index contributed by atoms with van der Waals surface area (Å²) in [5, 5.41) is 0. The van der Waals surface area contributed by atoms with E-state index in [4.69, 9.17) is 0 Å². The number of amides is 1. The lowest BCUT2D eigenvalue weighted by molar-refractivity contribution is -0.143. The molecule has 126 valence electrons. The largest absolute Gasteiger partial charge is 0.343 e. The average molecular weight is 325 g/mol. The molecule has 0 bridgehead atoms. The number of hydrogen-bond donors (Lipinski definition) is 0. The third-order valence-corrected chi connectivity index (χ3v) is 5.07. The number of rotatable bonds is 3. The van der Waals surface area contributed by atoms with Crippen LogP contribution in [0.4, 0.5) is 0 Å². The van der Waals surface area contributed by atoms with Gasteiger partial charge in [-0.1, -0.05) is 6.07 Å². The van der Waals surface area contributed by atoms with Crippen LogP contribution in [-0.4, -0.2) is 76.0 Å². The normalized spacial score (nSPS) is 22.6. The Balaban J connectivity index is 1.49. The van der Waals surface area contributed by atoms with Gasteiger partial charge in [0, 0.05) is 64.4 Å². The number of nitrogens with zero attached hydrogens (tertiary/aromatic N) is 5. The SMILES string of the molecule is CN1CCN2CCN(Cc3cccn3-c3ccccn3)C[C@@H]2C1=O. The number of pyridine rings is 1. The smallest absolute Gasteiger partial charge is 0.241 e. The highest BCUT2D eigenvalue weighted by Gasteiger charge is 2.37. The molecule has 0 N–H and O–H groups in total. The summed E-state index contributed by atoms with van der Waals surface area (Å²) >= 11 is 0. The molecule has 2 aromatic heterocycles. The molecule has 0 radical (unpaired) electrons. The van der Waals surface area contributed by atoms with E-state index < -0.39 is 0 Å². The molecule has 0 unspecified atom stereocenters. The van der Waals surface area contributed by atoms with Gasteiger partial charge in [-0.05, 0) is 24.3 Å². The van der Waals surface area contributed by atoms with Crippen molar-refractivity contribution in [3.8, 4) is 5.82 Å². The summed E-state index contributed by atoms with van der Waals surface area (Å²) in [4.78, 5) is 23.5. The zero-order valence-electron chi connectivity index (χ0n) is 14.0. The van der Waals surface area contributed by atoms with Gasteiger partial charge in [-0.25, -0.2) is 4.98 Å². The van der Waals surface area contributed by atoms with E-state index in [1.165, 1.54) is 5.69 Å². The number of carbonyl (C=O) groups excluding carboxylic acids is 1. The predicted octanol–water partition coefficient (Wildman–Crippen LogP) is 0.830. The van der Waals surface area contributed by atoms with Crippen LogP contribution in [0.2, 0.25) is 0 Å². The zero-order chi connectivity index (χ0) is 16.5. The molecule has 1 amide bonds. The molecule has 0 aliphatic carbocycles. The summed E-state index contributed by atoms with van der Waals surface area (Å²) in [5.41, 5.74) is 1.21. The van der Waals surface area contributed by atoms with E-state index >= 15 is 0 Å². The van der Waals surface area contributed by atoms with Gasteiger partial charge in [-0.15, -0.1) is 0 Å². The molecule has 0 spiro atoms. The Morgan fingerprint density at radius 3 is 2.83 bits per heavy atom. The topological polar surface area (TPSA) is 44.6 Å². The molecule has 1 atom stereocenters. The molecule has 6 nitrogen and oxygen atoms in total. The van der Waals surface area contributed by atoms with E-state index in [9.17, 15) is 4.79 Å². The second-order valence-corrected chi connectivity index (χ2v) is 6.60. The van der Waals surface area contributed by atoms with Crippen molar-refractivity contribution in [3.63, 3.8) is 0 Å². The third-order valence-electron chi connectivity index (χ3n) is 5.07. The zero-order valence-corrected chi connectivity index (χ0v) is 14.0. The summed E-state index contributed by atoms with van der Waals surface area (Å²) in [6.07, 6.45) is 3.86. The van der Waals surface area contributed by atoms with Crippen molar-refractivity contribution in [1.29, 1.82) is 0 Å². The van der Waals surface area contributed by atoms with E-state index in [2.05, 4.69) is 31.5 Å². The highest BCUT2D eigenvalue weighted by molar-refractivity contribution is 5.82. The van der Waals surface area contributed by atoms with Crippen LogP contribution in [0.5, 0.6) is 0 Å². The summed E-state index contributed by atoms with van der Waals surface area (Å²) in [7, 11) is 1.91. The predicted molar refractivity (Wildman–Crippen MR) is 91.8 cm³/mol. The Bertz CT molecular complexity index is 713. The number of aromatic nitrogens is 2. The fourth-order valence-electron chi connectivity index (χ4n) is 3.66. The van der Waals surface area contributed by atoms with Crippen molar-refractivity contribution in [1.82, 2.24) is 24.3 Å². The lowest BCUT2D eigenvalue weighted by Gasteiger charge is -2.45. The highest BCUT2D eigenvalue weighted by Crippen LogP contribution is 2.19. The van der Waals surface area contributed by atoms with Gasteiger partial charge in [-0.3, -0.25) is 14.6 Å². The molecule has 0 saturated carbocycles. The second kappa shape index (κ2) is 6.37. The van der Waals surface area contributed by atoms with Crippen LogP contribution in [0.15, 0.2) is 42.7 Å². The number of hydrogen-bond acceptors (Lipinski definition) is 4. The molecule has 4 rings (SSSR count). The minimum atomic E-state index is 0.00997. The molecule has 2 aliphatic heterocycles. The molecule has 2 aliphatic rings. The maximum atomic E-state index is 12.4. The number of likely N-dealkylation sites (N-methyl/N-ethyl adjacent to an activating group) is 1. The van der Waals surface area contributed by atoms with Crippen molar-refractivity contribution in [2.45, 2.75) is 12.6 Å². The van der Waals surface area contributed by atoms with Crippen LogP contribution >= 0.6 is 0 Å². The summed E-state index contributed by atoms with van der Waals surface area (Å²) in [6, 6.07) is 10.1. The Kier molecular flexibility index (Phi) is 4.08. The van der Waals surface area contributed by atoms with Gasteiger partial charge >= 0.3 is 0 Å². The maximum Gasteiger partial charge on any atom is 0.241 e. The van der Waals surface area contributed by atoms with Crippen LogP contribution in [-0.2, 0) is 11.3 Å². The van der Waals surface area contributed by atoms with Crippen LogP contribution < -0.4 is 0 Å². The van der Waals surface area contributed by atoms with Gasteiger partial charge in [0.25, 0.3) is 0 Å². The first-order valence-electron chi connectivity index (χ1n) is 8.51. The first-order valence-corrected chi connectivity index (χ1v) is 8.51. The number of fused-ring (bicyclic) bond motifs is 1. The fraction of sp³-hybridized carbons (Fsp3) is 0.444. The fourth-order valence-corrected chi connectivity index (χ4v) is 3.66. The minimum absolute atomic E-state index is 0.00997. The highest BCUT2D eigenvalue weighted by atomic mass is 16.2. The van der Waals surface area contributed by atoms with Crippen LogP contribution in [0.1, 0.15) is 5.69 Å². The van der Waals surface area contributed by atoms with Gasteiger partial charge in [0.15, 0.2) is 0 Å². The quantitative estimate of drug-likeness (QED) is 0.839. The van der Waals surface area contributed by atoms with Gasteiger partial charge in [0.2, 0.25) is 5.91 Å². The first kappa shape index (κ1) is 15.4. The van der Waals surface area contributed by atoms with Gasteiger partial charge in [-0.2, -0.15) is 0 Å².